The van der Waals surface area contributed by atoms with Crippen molar-refractivity contribution >= 4 is 5.69 Å². The first-order valence-electron chi connectivity index (χ1n) is 8.49. The molecule has 8 heteroatoms. The third kappa shape index (κ3) is 2.72. The molecule has 2 aromatic heterocycles. The van der Waals surface area contributed by atoms with Crippen molar-refractivity contribution in [1.82, 2.24) is 29.7 Å². The smallest absolute Gasteiger partial charge is 0.104 e. The van der Waals surface area contributed by atoms with Crippen molar-refractivity contribution in [2.75, 3.05) is 32.1 Å². The minimum atomic E-state index is 0.174. The lowest BCUT2D eigenvalue weighted by atomic mass is 10.1. The number of likely N-dealkylation sites (N-methyl/N-ethyl adjacent to an activating group) is 1. The normalized spacial score (nSPS) is 19.8. The summed E-state index contributed by atoms with van der Waals surface area (Å²) in [6.45, 7) is 1.58. The third-order valence-electron chi connectivity index (χ3n) is 4.93. The fourth-order valence-corrected chi connectivity index (χ4v) is 3.64. The zero-order valence-electron chi connectivity index (χ0n) is 14.8. The SMILES string of the molecule is CN(C)[C@@H]1CN(c2cccc(-n3cccn3)c2C#N)C[C@@H]1n1ccnn1. The van der Waals surface area contributed by atoms with Gasteiger partial charge in [-0.3, -0.25) is 0 Å². The fraction of sp³-hybridized carbons (Fsp3) is 0.333. The molecular weight excluding hydrogens is 328 g/mol. The van der Waals surface area contributed by atoms with Crippen LogP contribution >= 0.6 is 0 Å². The predicted octanol–water partition coefficient (Wildman–Crippen LogP) is 1.33. The molecule has 0 saturated carbocycles. The first-order valence-corrected chi connectivity index (χ1v) is 8.49. The highest BCUT2D eigenvalue weighted by Gasteiger charge is 2.37. The molecule has 1 fully saturated rings. The van der Waals surface area contributed by atoms with Gasteiger partial charge in [-0.05, 0) is 32.3 Å². The molecule has 0 spiro atoms. The van der Waals surface area contributed by atoms with E-state index in [1.54, 1.807) is 17.1 Å². The van der Waals surface area contributed by atoms with E-state index < -0.39 is 0 Å². The highest BCUT2D eigenvalue weighted by Crippen LogP contribution is 2.33. The summed E-state index contributed by atoms with van der Waals surface area (Å²) in [7, 11) is 4.15. The summed E-state index contributed by atoms with van der Waals surface area (Å²) in [6, 6.07) is 10.6. The standard InChI is InChI=1S/C18H20N8/c1-23(2)17-12-24(13-18(17)26-10-8-20-22-26)15-5-3-6-16(14(15)11-19)25-9-4-7-21-25/h3-10,17-18H,12-13H2,1-2H3/t17-,18+/m1/s1. The van der Waals surface area contributed by atoms with Crippen molar-refractivity contribution in [3.63, 3.8) is 0 Å². The van der Waals surface area contributed by atoms with Crippen LogP contribution < -0.4 is 4.90 Å². The molecule has 1 aliphatic heterocycles. The molecule has 132 valence electrons. The Kier molecular flexibility index (Phi) is 4.14. The largest absolute Gasteiger partial charge is 0.367 e. The van der Waals surface area contributed by atoms with Crippen molar-refractivity contribution in [3.05, 3.63) is 54.6 Å². The zero-order chi connectivity index (χ0) is 18.1. The second-order valence-corrected chi connectivity index (χ2v) is 6.62. The molecule has 3 heterocycles. The summed E-state index contributed by atoms with van der Waals surface area (Å²) in [5.74, 6) is 0. The topological polar surface area (TPSA) is 78.8 Å². The highest BCUT2D eigenvalue weighted by atomic mass is 15.5. The maximum atomic E-state index is 9.83. The van der Waals surface area contributed by atoms with Crippen LogP contribution in [0.4, 0.5) is 5.69 Å². The van der Waals surface area contributed by atoms with Crippen molar-refractivity contribution in [3.8, 4) is 11.8 Å². The van der Waals surface area contributed by atoms with Gasteiger partial charge in [0.25, 0.3) is 0 Å². The quantitative estimate of drug-likeness (QED) is 0.708. The van der Waals surface area contributed by atoms with Crippen LogP contribution in [0.5, 0.6) is 0 Å². The Labute approximate surface area is 151 Å². The average molecular weight is 348 g/mol. The number of anilines is 1. The monoisotopic (exact) mass is 348 g/mol. The number of hydrogen-bond acceptors (Lipinski definition) is 6. The first-order chi connectivity index (χ1) is 12.7. The van der Waals surface area contributed by atoms with E-state index in [0.717, 1.165) is 24.5 Å². The number of nitriles is 1. The van der Waals surface area contributed by atoms with Gasteiger partial charge in [-0.25, -0.2) is 9.36 Å². The number of hydrogen-bond donors (Lipinski definition) is 0. The van der Waals surface area contributed by atoms with Gasteiger partial charge >= 0.3 is 0 Å². The maximum absolute atomic E-state index is 9.83. The summed E-state index contributed by atoms with van der Waals surface area (Å²) < 4.78 is 3.64. The van der Waals surface area contributed by atoms with Crippen molar-refractivity contribution in [1.29, 1.82) is 5.26 Å². The molecule has 26 heavy (non-hydrogen) atoms. The second kappa shape index (κ2) is 6.61. The van der Waals surface area contributed by atoms with Crippen molar-refractivity contribution < 1.29 is 0 Å². The lowest BCUT2D eigenvalue weighted by Crippen LogP contribution is -2.36. The van der Waals surface area contributed by atoms with Crippen LogP contribution in [-0.4, -0.2) is 62.9 Å². The Morgan fingerprint density at radius 2 is 1.96 bits per heavy atom. The third-order valence-corrected chi connectivity index (χ3v) is 4.93. The molecule has 0 aliphatic carbocycles. The molecule has 3 aromatic rings. The molecular formula is C18H20N8. The molecule has 1 aliphatic rings. The lowest BCUT2D eigenvalue weighted by Gasteiger charge is -2.24. The van der Waals surface area contributed by atoms with Gasteiger partial charge in [0.1, 0.15) is 11.6 Å². The predicted molar refractivity (Wildman–Crippen MR) is 97.0 cm³/mol. The molecule has 2 atom stereocenters. The molecule has 0 bridgehead atoms. The summed E-state index contributed by atoms with van der Waals surface area (Å²) in [5.41, 5.74) is 2.35. The fourth-order valence-electron chi connectivity index (χ4n) is 3.64. The summed E-state index contributed by atoms with van der Waals surface area (Å²) in [4.78, 5) is 4.46. The van der Waals surface area contributed by atoms with Crippen LogP contribution in [-0.2, 0) is 0 Å². The number of nitrogens with zero attached hydrogens (tertiary/aromatic N) is 8. The lowest BCUT2D eigenvalue weighted by molar-refractivity contribution is 0.243. The van der Waals surface area contributed by atoms with E-state index in [-0.39, 0.29) is 12.1 Å². The molecule has 0 unspecified atom stereocenters. The highest BCUT2D eigenvalue weighted by molar-refractivity contribution is 5.68. The van der Waals surface area contributed by atoms with Gasteiger partial charge in [-0.2, -0.15) is 10.4 Å². The summed E-state index contributed by atoms with van der Waals surface area (Å²) in [6.07, 6.45) is 7.17. The number of aromatic nitrogens is 5. The second-order valence-electron chi connectivity index (χ2n) is 6.62. The summed E-state index contributed by atoms with van der Waals surface area (Å²) in [5, 5.41) is 22.3. The van der Waals surface area contributed by atoms with Crippen molar-refractivity contribution in [2.24, 2.45) is 0 Å². The van der Waals surface area contributed by atoms with Crippen LogP contribution in [0.1, 0.15) is 11.6 Å². The molecule has 8 nitrogen and oxygen atoms in total. The number of benzene rings is 1. The van der Waals surface area contributed by atoms with E-state index in [9.17, 15) is 5.26 Å². The zero-order valence-corrected chi connectivity index (χ0v) is 14.8. The Balaban J connectivity index is 1.72. The Bertz CT molecular complexity index is 907. The Morgan fingerprint density at radius 1 is 1.12 bits per heavy atom. The van der Waals surface area contributed by atoms with E-state index in [1.165, 1.54) is 0 Å². The van der Waals surface area contributed by atoms with Gasteiger partial charge in [-0.15, -0.1) is 5.10 Å². The molecule has 1 saturated heterocycles. The molecule has 0 N–H and O–H groups in total. The number of rotatable bonds is 4. The van der Waals surface area contributed by atoms with E-state index >= 15 is 0 Å². The average Bonchev–Trinajstić information content (AvgIpc) is 3.41. The maximum Gasteiger partial charge on any atom is 0.104 e. The van der Waals surface area contributed by atoms with Gasteiger partial charge in [0.15, 0.2) is 0 Å². The Morgan fingerprint density at radius 3 is 2.62 bits per heavy atom. The van der Waals surface area contributed by atoms with Gasteiger partial charge in [0.05, 0.1) is 29.7 Å². The van der Waals surface area contributed by atoms with Gasteiger partial charge in [-0.1, -0.05) is 11.3 Å². The van der Waals surface area contributed by atoms with Crippen LogP contribution in [0, 0.1) is 11.3 Å². The summed E-state index contributed by atoms with van der Waals surface area (Å²) >= 11 is 0. The minimum Gasteiger partial charge on any atom is -0.367 e. The van der Waals surface area contributed by atoms with E-state index in [4.69, 9.17) is 0 Å². The van der Waals surface area contributed by atoms with Crippen LogP contribution in [0.15, 0.2) is 49.1 Å². The van der Waals surface area contributed by atoms with E-state index in [0.29, 0.717) is 5.56 Å². The molecule has 0 radical (unpaired) electrons. The van der Waals surface area contributed by atoms with Gasteiger partial charge in [0.2, 0.25) is 0 Å². The molecule has 4 rings (SSSR count). The van der Waals surface area contributed by atoms with Gasteiger partial charge in [0, 0.05) is 31.7 Å². The van der Waals surface area contributed by atoms with Gasteiger partial charge < -0.3 is 9.80 Å². The first kappa shape index (κ1) is 16.3. The van der Waals surface area contributed by atoms with Crippen LogP contribution in [0.2, 0.25) is 0 Å². The molecule has 0 amide bonds. The Hall–Kier alpha value is -3.18. The van der Waals surface area contributed by atoms with Crippen LogP contribution in [0.25, 0.3) is 5.69 Å². The van der Waals surface area contributed by atoms with Crippen LogP contribution in [0.3, 0.4) is 0 Å². The van der Waals surface area contributed by atoms with E-state index in [2.05, 4.69) is 45.4 Å². The van der Waals surface area contributed by atoms with Crippen molar-refractivity contribution in [2.45, 2.75) is 12.1 Å². The minimum absolute atomic E-state index is 0.174. The van der Waals surface area contributed by atoms with E-state index in [1.807, 2.05) is 41.3 Å². The molecule has 1 aromatic carbocycles.